The van der Waals surface area contributed by atoms with Gasteiger partial charge < -0.3 is 4.43 Å². The SMILES string of the molecule is O=C(O[SiH](c1ccccc1)c1ccccc1)C(Cl)(Cl)Cl. The molecular formula is C14H11Cl3O2Si. The molecule has 0 amide bonds. The maximum Gasteiger partial charge on any atom is 0.345 e. The van der Waals surface area contributed by atoms with Crippen molar-refractivity contribution in [2.24, 2.45) is 0 Å². The molecule has 0 aliphatic heterocycles. The summed E-state index contributed by atoms with van der Waals surface area (Å²) in [4.78, 5) is 11.8. The Morgan fingerprint density at radius 2 is 1.25 bits per heavy atom. The zero-order valence-electron chi connectivity index (χ0n) is 10.3. The van der Waals surface area contributed by atoms with Crippen LogP contribution in [0.15, 0.2) is 60.7 Å². The van der Waals surface area contributed by atoms with Gasteiger partial charge in [-0.15, -0.1) is 0 Å². The van der Waals surface area contributed by atoms with Gasteiger partial charge in [-0.1, -0.05) is 95.5 Å². The van der Waals surface area contributed by atoms with E-state index < -0.39 is 18.8 Å². The Balaban J connectivity index is 2.34. The third-order valence-corrected chi connectivity index (χ3v) is 5.55. The van der Waals surface area contributed by atoms with E-state index in [-0.39, 0.29) is 0 Å². The number of halogens is 3. The summed E-state index contributed by atoms with van der Waals surface area (Å²) in [5.74, 6) is -0.841. The molecule has 0 aromatic heterocycles. The van der Waals surface area contributed by atoms with Gasteiger partial charge in [0.1, 0.15) is 0 Å². The van der Waals surface area contributed by atoms with E-state index in [1.54, 1.807) is 0 Å². The van der Waals surface area contributed by atoms with E-state index in [1.807, 2.05) is 60.7 Å². The molecule has 0 aliphatic carbocycles. The fraction of sp³-hybridized carbons (Fsp3) is 0.0714. The molecule has 104 valence electrons. The molecule has 6 heteroatoms. The average Bonchev–Trinajstić information content (AvgIpc) is 2.45. The third-order valence-electron chi connectivity index (χ3n) is 2.66. The van der Waals surface area contributed by atoms with Crippen molar-refractivity contribution in [1.29, 1.82) is 0 Å². The van der Waals surface area contributed by atoms with Crippen LogP contribution in [-0.2, 0) is 9.22 Å². The van der Waals surface area contributed by atoms with Gasteiger partial charge in [-0.2, -0.15) is 0 Å². The first kappa shape index (κ1) is 15.4. The minimum absolute atomic E-state index is 0.841. The first-order valence-corrected chi connectivity index (χ1v) is 8.62. The molecule has 2 nitrogen and oxygen atoms in total. The van der Waals surface area contributed by atoms with Crippen molar-refractivity contribution >= 4 is 60.2 Å². The predicted molar refractivity (Wildman–Crippen MR) is 85.7 cm³/mol. The van der Waals surface area contributed by atoms with Crippen molar-refractivity contribution in [1.82, 2.24) is 0 Å². The van der Waals surface area contributed by atoms with E-state index in [4.69, 9.17) is 39.2 Å². The van der Waals surface area contributed by atoms with Crippen LogP contribution >= 0.6 is 34.8 Å². The average molecular weight is 346 g/mol. The van der Waals surface area contributed by atoms with Gasteiger partial charge in [0.25, 0.3) is 3.79 Å². The lowest BCUT2D eigenvalue weighted by molar-refractivity contribution is -0.133. The van der Waals surface area contributed by atoms with Gasteiger partial charge in [-0.25, -0.2) is 4.79 Å². The molecule has 0 atom stereocenters. The highest BCUT2D eigenvalue weighted by atomic mass is 35.6. The highest BCUT2D eigenvalue weighted by molar-refractivity contribution is 6.83. The Kier molecular flexibility index (Phi) is 5.10. The number of carbonyl (C=O) groups is 1. The van der Waals surface area contributed by atoms with Crippen LogP contribution in [0.1, 0.15) is 0 Å². The summed E-state index contributed by atoms with van der Waals surface area (Å²) in [5, 5.41) is 1.89. The lowest BCUT2D eigenvalue weighted by atomic mass is 10.4. The summed E-state index contributed by atoms with van der Waals surface area (Å²) in [5.41, 5.74) is 0. The number of benzene rings is 2. The third kappa shape index (κ3) is 3.99. The molecule has 20 heavy (non-hydrogen) atoms. The van der Waals surface area contributed by atoms with Crippen molar-refractivity contribution < 1.29 is 9.22 Å². The quantitative estimate of drug-likeness (QED) is 0.631. The van der Waals surface area contributed by atoms with Crippen molar-refractivity contribution in [3.05, 3.63) is 60.7 Å². The largest absolute Gasteiger partial charge is 0.510 e. The van der Waals surface area contributed by atoms with Gasteiger partial charge in [0.15, 0.2) is 0 Å². The number of carbonyl (C=O) groups excluding carboxylic acids is 1. The van der Waals surface area contributed by atoms with Crippen LogP contribution in [0.4, 0.5) is 0 Å². The summed E-state index contributed by atoms with van der Waals surface area (Å²) in [6, 6.07) is 19.0. The van der Waals surface area contributed by atoms with E-state index in [1.165, 1.54) is 0 Å². The van der Waals surface area contributed by atoms with Gasteiger partial charge in [0.05, 0.1) is 0 Å². The second-order valence-electron chi connectivity index (χ2n) is 4.10. The van der Waals surface area contributed by atoms with E-state index >= 15 is 0 Å². The van der Waals surface area contributed by atoms with Crippen molar-refractivity contribution in [3.8, 4) is 0 Å². The maximum absolute atomic E-state index is 11.8. The molecule has 0 saturated carbocycles. The molecule has 2 rings (SSSR count). The highest BCUT2D eigenvalue weighted by Crippen LogP contribution is 2.27. The number of hydrogen-bond donors (Lipinski definition) is 0. The number of alkyl halides is 3. The van der Waals surface area contributed by atoms with Gasteiger partial charge in [-0.05, 0) is 10.4 Å². The molecule has 0 heterocycles. The van der Waals surface area contributed by atoms with Crippen LogP contribution in [0.25, 0.3) is 0 Å². The smallest absolute Gasteiger partial charge is 0.345 e. The van der Waals surface area contributed by atoms with Gasteiger partial charge >= 0.3 is 15.0 Å². The van der Waals surface area contributed by atoms with Gasteiger partial charge in [-0.3, -0.25) is 0 Å². The maximum atomic E-state index is 11.8. The lowest BCUT2D eigenvalue weighted by Crippen LogP contribution is -2.48. The van der Waals surface area contributed by atoms with E-state index in [9.17, 15) is 4.79 Å². The Bertz CT molecular complexity index is 530. The standard InChI is InChI=1S/C14H11Cl3O2Si/c15-14(16,17)13(18)19-20(11-7-3-1-4-8-11)12-9-5-2-6-10-12/h1-10,20H. The first-order valence-electron chi connectivity index (χ1n) is 5.86. The van der Waals surface area contributed by atoms with Crippen LogP contribution < -0.4 is 10.4 Å². The van der Waals surface area contributed by atoms with Crippen LogP contribution in [0.5, 0.6) is 0 Å². The summed E-state index contributed by atoms with van der Waals surface area (Å²) >= 11 is 16.7. The van der Waals surface area contributed by atoms with E-state index in [0.717, 1.165) is 10.4 Å². The fourth-order valence-corrected chi connectivity index (χ4v) is 4.31. The molecule has 0 N–H and O–H groups in total. The summed E-state index contributed by atoms with van der Waals surface area (Å²) in [6.45, 7) is 0. The highest BCUT2D eigenvalue weighted by Gasteiger charge is 2.35. The fourth-order valence-electron chi connectivity index (χ4n) is 1.76. The van der Waals surface area contributed by atoms with Crippen LogP contribution in [-0.4, -0.2) is 18.8 Å². The predicted octanol–water partition coefficient (Wildman–Crippen LogP) is 2.44. The second kappa shape index (κ2) is 6.63. The van der Waals surface area contributed by atoms with E-state index in [0.29, 0.717) is 0 Å². The summed E-state index contributed by atoms with van der Waals surface area (Å²) < 4.78 is 3.43. The Labute approximate surface area is 134 Å². The molecule has 0 aliphatic rings. The zero-order chi connectivity index (χ0) is 14.6. The zero-order valence-corrected chi connectivity index (χ0v) is 13.7. The molecule has 0 bridgehead atoms. The topological polar surface area (TPSA) is 26.3 Å². The number of hydrogen-bond acceptors (Lipinski definition) is 2. The van der Waals surface area contributed by atoms with Gasteiger partial charge in [0.2, 0.25) is 0 Å². The Hall–Kier alpha value is -1.00. The molecule has 0 unspecified atom stereocenters. The molecule has 0 fully saturated rings. The molecule has 0 radical (unpaired) electrons. The van der Waals surface area contributed by atoms with Crippen molar-refractivity contribution in [2.45, 2.75) is 3.79 Å². The molecule has 0 saturated heterocycles. The lowest BCUT2D eigenvalue weighted by Gasteiger charge is -2.19. The molecule has 2 aromatic rings. The molecule has 2 aromatic carbocycles. The Morgan fingerprint density at radius 1 is 0.850 bits per heavy atom. The Morgan fingerprint density at radius 3 is 1.60 bits per heavy atom. The first-order chi connectivity index (χ1) is 9.48. The summed E-state index contributed by atoms with van der Waals surface area (Å²) in [7, 11) is -2.21. The van der Waals surface area contributed by atoms with Crippen LogP contribution in [0.2, 0.25) is 0 Å². The molecular weight excluding hydrogens is 335 g/mol. The normalized spacial score (nSPS) is 11.4. The van der Waals surface area contributed by atoms with Crippen molar-refractivity contribution in [3.63, 3.8) is 0 Å². The number of rotatable bonds is 3. The monoisotopic (exact) mass is 344 g/mol. The molecule has 0 spiro atoms. The minimum atomic E-state index is -2.21. The minimum Gasteiger partial charge on any atom is -0.510 e. The van der Waals surface area contributed by atoms with Gasteiger partial charge in [0, 0.05) is 0 Å². The summed E-state index contributed by atoms with van der Waals surface area (Å²) in [6.07, 6.45) is 0. The van der Waals surface area contributed by atoms with Crippen molar-refractivity contribution in [2.75, 3.05) is 0 Å². The van der Waals surface area contributed by atoms with Crippen LogP contribution in [0.3, 0.4) is 0 Å². The van der Waals surface area contributed by atoms with Crippen LogP contribution in [0, 0.1) is 0 Å². The second-order valence-corrected chi connectivity index (χ2v) is 8.71. The van der Waals surface area contributed by atoms with E-state index in [2.05, 4.69) is 0 Å².